The number of likely N-dealkylation sites (tertiary alicyclic amines) is 1. The molecule has 15 heteroatoms. The van der Waals surface area contributed by atoms with E-state index in [1.807, 2.05) is 11.8 Å². The van der Waals surface area contributed by atoms with Crippen LogP contribution in [0.2, 0.25) is 10.0 Å². The predicted molar refractivity (Wildman–Crippen MR) is 235 cm³/mol. The van der Waals surface area contributed by atoms with E-state index < -0.39 is 0 Å². The van der Waals surface area contributed by atoms with Crippen LogP contribution in [-0.4, -0.2) is 114 Å². The number of rotatable bonds is 14. The molecule has 6 fully saturated rings. The van der Waals surface area contributed by atoms with Crippen molar-refractivity contribution in [2.24, 2.45) is 35.5 Å². The van der Waals surface area contributed by atoms with Gasteiger partial charge in [-0.3, -0.25) is 9.59 Å². The molecule has 8 rings (SSSR count). The molecule has 59 heavy (non-hydrogen) atoms. The number of carbonyl (C=O) groups excluding carboxylic acids is 2. The third-order valence-corrected chi connectivity index (χ3v) is 14.0. The molecule has 0 aromatic carbocycles. The number of nitrogens with one attached hydrogen (secondary N) is 1. The Labute approximate surface area is 367 Å². The van der Waals surface area contributed by atoms with Crippen LogP contribution in [0.3, 0.4) is 0 Å². The molecule has 2 saturated carbocycles. The fourth-order valence-corrected chi connectivity index (χ4v) is 9.78. The first-order valence-corrected chi connectivity index (χ1v) is 23.7. The Morgan fingerprint density at radius 3 is 1.44 bits per heavy atom. The quantitative estimate of drug-likeness (QED) is 0.185. The van der Waals surface area contributed by atoms with Crippen LogP contribution in [-0.2, 0) is 19.1 Å². The van der Waals surface area contributed by atoms with Gasteiger partial charge in [0.05, 0.1) is 47.0 Å². The summed E-state index contributed by atoms with van der Waals surface area (Å²) in [6, 6.07) is 0. The van der Waals surface area contributed by atoms with Gasteiger partial charge >= 0.3 is 0 Å². The zero-order valence-corrected chi connectivity index (χ0v) is 37.6. The normalized spacial score (nSPS) is 25.4. The molecule has 2 aromatic heterocycles. The molecule has 0 spiro atoms. The zero-order valence-electron chi connectivity index (χ0n) is 35.3. The minimum atomic E-state index is -0.273. The molecular formula is C44H67Cl3N8O4. The highest BCUT2D eigenvalue weighted by molar-refractivity contribution is 6.63. The van der Waals surface area contributed by atoms with Crippen LogP contribution in [0.4, 0.5) is 11.9 Å². The van der Waals surface area contributed by atoms with Crippen LogP contribution in [0, 0.1) is 35.5 Å². The molecule has 4 atom stereocenters. The summed E-state index contributed by atoms with van der Waals surface area (Å²) in [6.45, 7) is 13.7. The van der Waals surface area contributed by atoms with Crippen molar-refractivity contribution in [2.45, 2.75) is 116 Å². The first-order valence-electron chi connectivity index (χ1n) is 22.6. The van der Waals surface area contributed by atoms with Crippen LogP contribution >= 0.6 is 34.8 Å². The summed E-state index contributed by atoms with van der Waals surface area (Å²) < 4.78 is 12.2. The molecule has 6 heterocycles. The van der Waals surface area contributed by atoms with E-state index in [1.54, 1.807) is 31.7 Å². The van der Waals surface area contributed by atoms with E-state index in [1.165, 1.54) is 64.2 Å². The molecular weight excluding hydrogens is 811 g/mol. The maximum atomic E-state index is 11.8. The number of aromatic nitrogens is 4. The van der Waals surface area contributed by atoms with E-state index in [0.717, 1.165) is 126 Å². The largest absolute Gasteiger partial charge is 0.378 e. The average Bonchev–Trinajstić information content (AvgIpc) is 4.22. The maximum Gasteiger partial charge on any atom is 0.225 e. The highest BCUT2D eigenvalue weighted by atomic mass is 35.5. The van der Waals surface area contributed by atoms with Gasteiger partial charge < -0.3 is 29.5 Å². The number of piperidine rings is 4. The first-order chi connectivity index (χ1) is 28.7. The van der Waals surface area contributed by atoms with Gasteiger partial charge in [0.2, 0.25) is 23.0 Å². The molecule has 0 radical (unpaired) electrons. The fraction of sp³-hybridized carbons (Fsp3) is 0.773. The van der Waals surface area contributed by atoms with Gasteiger partial charge in [0.15, 0.2) is 0 Å². The molecule has 2 aromatic rings. The second kappa shape index (κ2) is 23.8. The molecule has 6 aliphatic rings. The van der Waals surface area contributed by atoms with Gasteiger partial charge in [-0.15, -0.1) is 0 Å². The van der Waals surface area contributed by atoms with Crippen LogP contribution in [0.5, 0.6) is 0 Å². The van der Waals surface area contributed by atoms with Crippen LogP contribution in [0.1, 0.15) is 104 Å². The summed E-state index contributed by atoms with van der Waals surface area (Å²) in [5, 5.41) is 4.31. The summed E-state index contributed by atoms with van der Waals surface area (Å²) in [5.41, 5.74) is 0. The van der Waals surface area contributed by atoms with Gasteiger partial charge in [-0.25, -0.2) is 19.9 Å². The highest BCUT2D eigenvalue weighted by Crippen LogP contribution is 2.51. The minimum Gasteiger partial charge on any atom is -0.378 e. The lowest BCUT2D eigenvalue weighted by atomic mass is 9.90. The fourth-order valence-electron chi connectivity index (χ4n) is 9.58. The van der Waals surface area contributed by atoms with Crippen molar-refractivity contribution in [3.8, 4) is 0 Å². The molecule has 12 nitrogen and oxygen atoms in total. The Bertz CT molecular complexity index is 1550. The second-order valence-electron chi connectivity index (χ2n) is 17.3. The lowest BCUT2D eigenvalue weighted by Gasteiger charge is -2.32. The third kappa shape index (κ3) is 14.9. The average molecular weight is 878 g/mol. The Hall–Kier alpha value is -2.35. The van der Waals surface area contributed by atoms with Crippen LogP contribution in [0.25, 0.3) is 0 Å². The van der Waals surface area contributed by atoms with Crippen molar-refractivity contribution in [3.63, 3.8) is 0 Å². The molecule has 0 bridgehead atoms. The molecule has 4 aliphatic heterocycles. The topological polar surface area (TPSA) is 126 Å². The number of nitrogens with zero attached hydrogens (tertiary/aromatic N) is 7. The number of hydrogen-bond donors (Lipinski definition) is 1. The van der Waals surface area contributed by atoms with E-state index >= 15 is 0 Å². The van der Waals surface area contributed by atoms with Gasteiger partial charge in [-0.1, -0.05) is 37.0 Å². The number of amides is 1. The number of hydrogen-bond acceptors (Lipinski definition) is 11. The van der Waals surface area contributed by atoms with Crippen molar-refractivity contribution < 1.29 is 19.1 Å². The molecule has 4 saturated heterocycles. The number of ether oxygens (including phenoxy) is 2. The van der Waals surface area contributed by atoms with E-state index in [4.69, 9.17) is 44.3 Å². The van der Waals surface area contributed by atoms with E-state index in [2.05, 4.69) is 35.1 Å². The van der Waals surface area contributed by atoms with Crippen molar-refractivity contribution in [1.82, 2.24) is 30.2 Å². The van der Waals surface area contributed by atoms with E-state index in [-0.39, 0.29) is 11.1 Å². The van der Waals surface area contributed by atoms with Crippen molar-refractivity contribution in [2.75, 3.05) is 75.4 Å². The Morgan fingerprint density at radius 2 is 1.05 bits per heavy atom. The maximum absolute atomic E-state index is 11.8. The van der Waals surface area contributed by atoms with Gasteiger partial charge in [0.25, 0.3) is 0 Å². The molecule has 1 N–H and O–H groups in total. The number of anilines is 2. The lowest BCUT2D eigenvalue weighted by Crippen LogP contribution is -2.40. The lowest BCUT2D eigenvalue weighted by molar-refractivity contribution is -0.133. The van der Waals surface area contributed by atoms with Crippen molar-refractivity contribution in [1.29, 1.82) is 0 Å². The number of carbonyl (C=O) groups is 2. The SMILES string of the molecule is CCC(=O)Cl.CCC(=O)N1CCC(OCC[C@@H]2C[C@@H]2C2CCN(c3ncc(Cl)cn3)CC2)CC1.Clc1cnc(N2CCC([C@H]3C[C@H]3CCOC3CCNCC3)CC2)nc1. The minimum absolute atomic E-state index is 0.273. The Balaban J connectivity index is 0.000000180. The Kier molecular flexibility index (Phi) is 18.6. The van der Waals surface area contributed by atoms with E-state index in [0.29, 0.717) is 35.1 Å². The highest BCUT2D eigenvalue weighted by Gasteiger charge is 2.44. The third-order valence-electron chi connectivity index (χ3n) is 13.4. The van der Waals surface area contributed by atoms with Gasteiger partial charge in [0.1, 0.15) is 0 Å². The first kappa shape index (κ1) is 46.2. The smallest absolute Gasteiger partial charge is 0.225 e. The molecule has 2 aliphatic carbocycles. The van der Waals surface area contributed by atoms with E-state index in [9.17, 15) is 9.59 Å². The summed E-state index contributed by atoms with van der Waals surface area (Å²) >= 11 is 16.6. The molecule has 0 unspecified atom stereocenters. The second-order valence-corrected chi connectivity index (χ2v) is 18.6. The van der Waals surface area contributed by atoms with Crippen molar-refractivity contribution >= 4 is 57.8 Å². The van der Waals surface area contributed by atoms with Crippen molar-refractivity contribution in [3.05, 3.63) is 34.8 Å². The Morgan fingerprint density at radius 1 is 0.644 bits per heavy atom. The van der Waals surface area contributed by atoms with Gasteiger partial charge in [-0.05, 0) is 137 Å². The van der Waals surface area contributed by atoms with Gasteiger partial charge in [0, 0.05) is 65.3 Å². The summed E-state index contributed by atoms with van der Waals surface area (Å²) in [6.07, 6.45) is 23.2. The molecule has 328 valence electrons. The van der Waals surface area contributed by atoms with Crippen LogP contribution in [0.15, 0.2) is 24.8 Å². The zero-order chi connectivity index (χ0) is 41.6. The summed E-state index contributed by atoms with van der Waals surface area (Å²) in [5.74, 6) is 7.20. The standard InChI is InChI=1S/C22H33ClN4O2.C19H29ClN4O.C3H5ClO/c1-2-21(28)26-10-5-19(6-11-26)29-12-7-17-13-20(17)16-3-8-27(9-4-16)22-24-14-18(23)15-25-22;20-16-12-22-19(23-13-16)24-8-3-14(4-9-24)18-11-15(18)5-10-25-17-1-6-21-7-2-17;1-2-3(4)5/h14-17,19-20H,2-13H2,1H3;12-15,17-18,21H,1-11H2;2H2,1H3/t17-,20-;15-,18-;/m11./s1. The molecule has 1 amide bonds. The monoisotopic (exact) mass is 876 g/mol. The summed E-state index contributed by atoms with van der Waals surface area (Å²) in [4.78, 5) is 45.3. The number of halogens is 3. The summed E-state index contributed by atoms with van der Waals surface area (Å²) in [7, 11) is 0. The van der Waals surface area contributed by atoms with Crippen LogP contribution < -0.4 is 15.1 Å². The predicted octanol–water partition coefficient (Wildman–Crippen LogP) is 8.09. The van der Waals surface area contributed by atoms with Gasteiger partial charge in [-0.2, -0.15) is 0 Å².